The largest absolute Gasteiger partial charge is 0.486 e. The first-order chi connectivity index (χ1) is 8.77. The van der Waals surface area contributed by atoms with Crippen LogP contribution >= 0.6 is 0 Å². The number of benzene rings is 1. The number of ether oxygens (including phenoxy) is 2. The fourth-order valence-electron chi connectivity index (χ4n) is 2.26. The lowest BCUT2D eigenvalue weighted by Crippen LogP contribution is -2.54. The minimum atomic E-state index is -1.41. The zero-order valence-electron chi connectivity index (χ0n) is 9.73. The van der Waals surface area contributed by atoms with Gasteiger partial charge in [0.05, 0.1) is 5.69 Å². The third-order valence-corrected chi connectivity index (χ3v) is 3.05. The molecule has 1 aromatic carbocycles. The van der Waals surface area contributed by atoms with Crippen LogP contribution in [0.2, 0.25) is 0 Å². The van der Waals surface area contributed by atoms with Crippen molar-refractivity contribution in [3.8, 4) is 11.5 Å². The number of para-hydroxylation sites is 1. The van der Waals surface area contributed by atoms with Gasteiger partial charge in [0.15, 0.2) is 24.1 Å². The van der Waals surface area contributed by atoms with E-state index in [9.17, 15) is 8.78 Å². The molecule has 18 heavy (non-hydrogen) atoms. The average Bonchev–Trinajstić information content (AvgIpc) is 2.39. The predicted molar refractivity (Wildman–Crippen MR) is 62.6 cm³/mol. The Labute approximate surface area is 103 Å². The summed E-state index contributed by atoms with van der Waals surface area (Å²) in [5.41, 5.74) is 0.411. The van der Waals surface area contributed by atoms with E-state index >= 15 is 0 Å². The molecular formula is C12H14F2N2O2. The molecule has 4 nitrogen and oxygen atoms in total. The van der Waals surface area contributed by atoms with Crippen LogP contribution in [0.5, 0.6) is 11.5 Å². The SMILES string of the molecule is FC1CNCC(F)N1c1cccc2c1OCCO2. The quantitative estimate of drug-likeness (QED) is 0.771. The molecule has 2 unspecified atom stereocenters. The second-order valence-electron chi connectivity index (χ2n) is 4.24. The van der Waals surface area contributed by atoms with Gasteiger partial charge in [0.25, 0.3) is 0 Å². The highest BCUT2D eigenvalue weighted by Gasteiger charge is 2.33. The molecule has 0 aliphatic carbocycles. The van der Waals surface area contributed by atoms with E-state index in [1.54, 1.807) is 18.2 Å². The van der Waals surface area contributed by atoms with Crippen molar-refractivity contribution < 1.29 is 18.3 Å². The highest BCUT2D eigenvalue weighted by atomic mass is 19.2. The Balaban J connectivity index is 2.00. The molecule has 0 spiro atoms. The summed E-state index contributed by atoms with van der Waals surface area (Å²) in [4.78, 5) is 1.10. The van der Waals surface area contributed by atoms with E-state index in [4.69, 9.17) is 9.47 Å². The molecule has 0 aromatic heterocycles. The van der Waals surface area contributed by atoms with Gasteiger partial charge in [-0.15, -0.1) is 0 Å². The number of fused-ring (bicyclic) bond motifs is 1. The molecule has 0 amide bonds. The van der Waals surface area contributed by atoms with Crippen LogP contribution in [0.4, 0.5) is 14.5 Å². The second kappa shape index (κ2) is 4.61. The smallest absolute Gasteiger partial charge is 0.187 e. The van der Waals surface area contributed by atoms with Crippen molar-refractivity contribution in [2.24, 2.45) is 0 Å². The minimum absolute atomic E-state index is 0.102. The number of rotatable bonds is 1. The molecule has 6 heteroatoms. The standard InChI is InChI=1S/C12H14F2N2O2/c13-10-6-15-7-11(14)16(10)8-2-1-3-9-12(8)18-5-4-17-9/h1-3,10-11,15H,4-7H2. The molecular weight excluding hydrogens is 242 g/mol. The predicted octanol–water partition coefficient (Wildman–Crippen LogP) is 1.46. The number of piperazine rings is 1. The summed E-state index contributed by atoms with van der Waals surface area (Å²) in [5.74, 6) is 0.965. The number of hydrogen-bond acceptors (Lipinski definition) is 4. The monoisotopic (exact) mass is 256 g/mol. The summed E-state index contributed by atoms with van der Waals surface area (Å²) >= 11 is 0. The summed E-state index contributed by atoms with van der Waals surface area (Å²) in [6.07, 6.45) is -2.82. The van der Waals surface area contributed by atoms with Gasteiger partial charge in [0.2, 0.25) is 0 Å². The van der Waals surface area contributed by atoms with E-state index in [0.717, 1.165) is 4.90 Å². The maximum absolute atomic E-state index is 13.9. The van der Waals surface area contributed by atoms with Gasteiger partial charge in [-0.2, -0.15) is 0 Å². The molecule has 98 valence electrons. The van der Waals surface area contributed by atoms with Crippen molar-refractivity contribution >= 4 is 5.69 Å². The van der Waals surface area contributed by atoms with Crippen LogP contribution in [0.1, 0.15) is 0 Å². The summed E-state index contributed by atoms with van der Waals surface area (Å²) in [5, 5.41) is 2.70. The Morgan fingerprint density at radius 3 is 2.61 bits per heavy atom. The molecule has 1 fully saturated rings. The molecule has 2 aliphatic heterocycles. The van der Waals surface area contributed by atoms with E-state index in [0.29, 0.717) is 30.4 Å². The highest BCUT2D eigenvalue weighted by molar-refractivity contribution is 5.66. The van der Waals surface area contributed by atoms with Crippen molar-refractivity contribution in [1.82, 2.24) is 5.32 Å². The second-order valence-corrected chi connectivity index (χ2v) is 4.24. The molecule has 0 saturated carbocycles. The Hall–Kier alpha value is -1.56. The van der Waals surface area contributed by atoms with Crippen molar-refractivity contribution in [3.05, 3.63) is 18.2 Å². The molecule has 3 rings (SSSR count). The number of nitrogens with one attached hydrogen (secondary N) is 1. The lowest BCUT2D eigenvalue weighted by Gasteiger charge is -2.37. The zero-order chi connectivity index (χ0) is 12.5. The number of halogens is 2. The van der Waals surface area contributed by atoms with Crippen molar-refractivity contribution in [3.63, 3.8) is 0 Å². The fourth-order valence-corrected chi connectivity index (χ4v) is 2.26. The van der Waals surface area contributed by atoms with E-state index in [1.807, 2.05) is 0 Å². The van der Waals surface area contributed by atoms with E-state index in [1.165, 1.54) is 0 Å². The van der Waals surface area contributed by atoms with Crippen molar-refractivity contribution in [2.75, 3.05) is 31.2 Å². The maximum Gasteiger partial charge on any atom is 0.187 e. The maximum atomic E-state index is 13.9. The van der Waals surface area contributed by atoms with Crippen LogP contribution < -0.4 is 19.7 Å². The first kappa shape index (κ1) is 11.5. The minimum Gasteiger partial charge on any atom is -0.486 e. The Morgan fingerprint density at radius 2 is 1.83 bits per heavy atom. The van der Waals surface area contributed by atoms with Crippen LogP contribution in [-0.4, -0.2) is 38.9 Å². The third-order valence-electron chi connectivity index (χ3n) is 3.05. The van der Waals surface area contributed by atoms with Gasteiger partial charge in [0.1, 0.15) is 13.2 Å². The van der Waals surface area contributed by atoms with Crippen molar-refractivity contribution in [1.29, 1.82) is 0 Å². The Kier molecular flexibility index (Phi) is 2.95. The van der Waals surface area contributed by atoms with Gasteiger partial charge >= 0.3 is 0 Å². The summed E-state index contributed by atoms with van der Waals surface area (Å²) in [6.45, 7) is 1.05. The first-order valence-corrected chi connectivity index (χ1v) is 5.93. The van der Waals surface area contributed by atoms with Crippen molar-refractivity contribution in [2.45, 2.75) is 12.6 Å². The number of hydrogen-bond donors (Lipinski definition) is 1. The van der Waals surface area contributed by atoms with E-state index in [-0.39, 0.29) is 13.1 Å². The van der Waals surface area contributed by atoms with Crippen LogP contribution in [0.25, 0.3) is 0 Å². The highest BCUT2D eigenvalue weighted by Crippen LogP contribution is 2.41. The van der Waals surface area contributed by atoms with Crippen LogP contribution in [-0.2, 0) is 0 Å². The van der Waals surface area contributed by atoms with Gasteiger partial charge in [-0.3, -0.25) is 0 Å². The normalized spacial score (nSPS) is 27.1. The molecule has 0 bridgehead atoms. The molecule has 1 N–H and O–H groups in total. The lowest BCUT2D eigenvalue weighted by atomic mass is 10.2. The summed E-state index contributed by atoms with van der Waals surface area (Å²) in [6, 6.07) is 5.10. The first-order valence-electron chi connectivity index (χ1n) is 5.93. The van der Waals surface area contributed by atoms with Gasteiger partial charge in [-0.25, -0.2) is 8.78 Å². The average molecular weight is 256 g/mol. The fraction of sp³-hybridized carbons (Fsp3) is 0.500. The number of anilines is 1. The van der Waals surface area contributed by atoms with Gasteiger partial charge in [0, 0.05) is 13.1 Å². The summed E-state index contributed by atoms with van der Waals surface area (Å²) in [7, 11) is 0. The molecule has 2 heterocycles. The molecule has 2 atom stereocenters. The molecule has 2 aliphatic rings. The zero-order valence-corrected chi connectivity index (χ0v) is 9.73. The third kappa shape index (κ3) is 1.86. The van der Waals surface area contributed by atoms with Gasteiger partial charge in [-0.05, 0) is 12.1 Å². The van der Waals surface area contributed by atoms with Gasteiger partial charge < -0.3 is 19.7 Å². The number of alkyl halides is 2. The lowest BCUT2D eigenvalue weighted by molar-refractivity contribution is 0.158. The Morgan fingerprint density at radius 1 is 1.11 bits per heavy atom. The van der Waals surface area contributed by atoms with Crippen LogP contribution in [0.3, 0.4) is 0 Å². The molecule has 0 radical (unpaired) electrons. The summed E-state index contributed by atoms with van der Waals surface area (Å²) < 4.78 is 38.7. The van der Waals surface area contributed by atoms with E-state index in [2.05, 4.69) is 5.32 Å². The van der Waals surface area contributed by atoms with Crippen LogP contribution in [0, 0.1) is 0 Å². The Bertz CT molecular complexity index is 434. The van der Waals surface area contributed by atoms with Crippen LogP contribution in [0.15, 0.2) is 18.2 Å². The van der Waals surface area contributed by atoms with Gasteiger partial charge in [-0.1, -0.05) is 6.07 Å². The molecule has 1 saturated heterocycles. The number of nitrogens with zero attached hydrogens (tertiary/aromatic N) is 1. The topological polar surface area (TPSA) is 33.7 Å². The molecule has 1 aromatic rings. The van der Waals surface area contributed by atoms with E-state index < -0.39 is 12.6 Å².